The molecule has 112 valence electrons. The Bertz CT molecular complexity index is 800. The van der Waals surface area contributed by atoms with Crippen molar-refractivity contribution in [3.63, 3.8) is 0 Å². The molecule has 0 N–H and O–H groups in total. The van der Waals surface area contributed by atoms with Gasteiger partial charge in [-0.25, -0.2) is 4.98 Å². The zero-order valence-corrected chi connectivity index (χ0v) is 14.1. The second kappa shape index (κ2) is 5.61. The molecule has 0 aliphatic rings. The number of aryl methyl sites for hydroxylation is 1. The summed E-state index contributed by atoms with van der Waals surface area (Å²) < 4.78 is 0. The van der Waals surface area contributed by atoms with Gasteiger partial charge in [0, 0.05) is 41.3 Å². The molecule has 3 nitrogen and oxygen atoms in total. The molecule has 0 aliphatic heterocycles. The summed E-state index contributed by atoms with van der Waals surface area (Å²) in [5, 5.41) is 3.11. The summed E-state index contributed by atoms with van der Waals surface area (Å²) in [4.78, 5) is 13.3. The van der Waals surface area contributed by atoms with Crippen LogP contribution < -0.4 is 0 Å². The molecule has 0 unspecified atom stereocenters. The Balaban J connectivity index is 2.08. The third kappa shape index (κ3) is 2.79. The first kappa shape index (κ1) is 14.9. The van der Waals surface area contributed by atoms with Crippen LogP contribution in [-0.4, -0.2) is 15.0 Å². The Kier molecular flexibility index (Phi) is 3.79. The summed E-state index contributed by atoms with van der Waals surface area (Å²) in [6, 6.07) is 4.10. The number of hydrogen-bond acceptors (Lipinski definition) is 4. The predicted octanol–water partition coefficient (Wildman–Crippen LogP) is 4.87. The van der Waals surface area contributed by atoms with Crippen molar-refractivity contribution < 1.29 is 0 Å². The van der Waals surface area contributed by atoms with Crippen LogP contribution in [0.2, 0.25) is 0 Å². The largest absolute Gasteiger partial charge is 0.264 e. The third-order valence-corrected chi connectivity index (χ3v) is 4.55. The number of pyridine rings is 2. The van der Waals surface area contributed by atoms with E-state index in [1.54, 1.807) is 11.3 Å². The van der Waals surface area contributed by atoms with Crippen LogP contribution in [0.3, 0.4) is 0 Å². The second-order valence-electron chi connectivity index (χ2n) is 6.40. The molecule has 0 radical (unpaired) electrons. The lowest BCUT2D eigenvalue weighted by molar-refractivity contribution is 0.591. The van der Waals surface area contributed by atoms with Gasteiger partial charge in [0.25, 0.3) is 0 Å². The fraction of sp³-hybridized carbons (Fsp3) is 0.278. The molecule has 0 aliphatic carbocycles. The molecule has 0 bridgehead atoms. The third-order valence-electron chi connectivity index (χ3n) is 3.68. The summed E-state index contributed by atoms with van der Waals surface area (Å²) in [5.74, 6) is 0. The highest BCUT2D eigenvalue weighted by molar-refractivity contribution is 7.13. The van der Waals surface area contributed by atoms with Gasteiger partial charge in [-0.1, -0.05) is 20.8 Å². The molecule has 0 aromatic carbocycles. The van der Waals surface area contributed by atoms with Gasteiger partial charge in [0.15, 0.2) is 0 Å². The van der Waals surface area contributed by atoms with Crippen molar-refractivity contribution in [2.24, 2.45) is 0 Å². The van der Waals surface area contributed by atoms with Gasteiger partial charge >= 0.3 is 0 Å². The summed E-state index contributed by atoms with van der Waals surface area (Å²) in [6.45, 7) is 8.73. The average molecular weight is 309 g/mol. The van der Waals surface area contributed by atoms with Gasteiger partial charge in [0.1, 0.15) is 5.01 Å². The first-order chi connectivity index (χ1) is 10.5. The van der Waals surface area contributed by atoms with Gasteiger partial charge in [-0.15, -0.1) is 11.3 Å². The van der Waals surface area contributed by atoms with E-state index in [4.69, 9.17) is 4.98 Å². The van der Waals surface area contributed by atoms with E-state index < -0.39 is 0 Å². The number of aromatic nitrogens is 3. The first-order valence-electron chi connectivity index (χ1n) is 7.28. The van der Waals surface area contributed by atoms with E-state index in [-0.39, 0.29) is 5.41 Å². The molecule has 0 saturated heterocycles. The van der Waals surface area contributed by atoms with Crippen molar-refractivity contribution in [1.82, 2.24) is 15.0 Å². The molecule has 0 atom stereocenters. The van der Waals surface area contributed by atoms with E-state index in [0.717, 1.165) is 21.8 Å². The van der Waals surface area contributed by atoms with Crippen LogP contribution in [0.4, 0.5) is 0 Å². The first-order valence-corrected chi connectivity index (χ1v) is 8.16. The van der Waals surface area contributed by atoms with Crippen LogP contribution in [0.15, 0.2) is 42.3 Å². The SMILES string of the molecule is Cc1ccncc1-c1csc(-c2cnccc2C(C)(C)C)n1. The quantitative estimate of drug-likeness (QED) is 0.677. The summed E-state index contributed by atoms with van der Waals surface area (Å²) in [6.07, 6.45) is 7.45. The number of nitrogens with zero attached hydrogens (tertiary/aromatic N) is 3. The highest BCUT2D eigenvalue weighted by atomic mass is 32.1. The Hall–Kier alpha value is -2.07. The lowest BCUT2D eigenvalue weighted by Gasteiger charge is -2.21. The standard InChI is InChI=1S/C18H19N3S/c1-12-5-7-19-9-13(12)16-11-22-17(21-16)14-10-20-8-6-15(14)18(2,3)4/h5-11H,1-4H3. The van der Waals surface area contributed by atoms with Crippen LogP contribution >= 0.6 is 11.3 Å². The maximum absolute atomic E-state index is 4.82. The van der Waals surface area contributed by atoms with Crippen molar-refractivity contribution in [1.29, 1.82) is 0 Å². The molecular formula is C18H19N3S. The molecule has 0 amide bonds. The monoisotopic (exact) mass is 309 g/mol. The Morgan fingerprint density at radius 3 is 2.32 bits per heavy atom. The molecule has 0 fully saturated rings. The molecular weight excluding hydrogens is 290 g/mol. The van der Waals surface area contributed by atoms with Gasteiger partial charge < -0.3 is 0 Å². The molecule has 0 saturated carbocycles. The van der Waals surface area contributed by atoms with Crippen molar-refractivity contribution in [2.45, 2.75) is 33.1 Å². The zero-order valence-electron chi connectivity index (χ0n) is 13.3. The Labute approximate surface area is 135 Å². The van der Waals surface area contributed by atoms with Crippen LogP contribution in [-0.2, 0) is 5.41 Å². The van der Waals surface area contributed by atoms with E-state index in [1.165, 1.54) is 11.1 Å². The van der Waals surface area contributed by atoms with Crippen molar-refractivity contribution >= 4 is 11.3 Å². The van der Waals surface area contributed by atoms with Crippen LogP contribution in [0.1, 0.15) is 31.9 Å². The number of hydrogen-bond donors (Lipinski definition) is 0. The minimum Gasteiger partial charge on any atom is -0.264 e. The Morgan fingerprint density at radius 2 is 1.64 bits per heavy atom. The average Bonchev–Trinajstić information content (AvgIpc) is 2.96. The predicted molar refractivity (Wildman–Crippen MR) is 92.0 cm³/mol. The van der Waals surface area contributed by atoms with Gasteiger partial charge in [-0.05, 0) is 35.6 Å². The van der Waals surface area contributed by atoms with Crippen LogP contribution in [0.25, 0.3) is 21.8 Å². The van der Waals surface area contributed by atoms with Crippen LogP contribution in [0.5, 0.6) is 0 Å². The molecule has 3 aromatic rings. The molecule has 3 heterocycles. The molecule has 22 heavy (non-hydrogen) atoms. The fourth-order valence-electron chi connectivity index (χ4n) is 2.47. The highest BCUT2D eigenvalue weighted by Gasteiger charge is 2.20. The zero-order chi connectivity index (χ0) is 15.7. The topological polar surface area (TPSA) is 38.7 Å². The van der Waals surface area contributed by atoms with Crippen molar-refractivity contribution in [3.05, 3.63) is 53.4 Å². The number of rotatable bonds is 2. The molecule has 0 spiro atoms. The van der Waals surface area contributed by atoms with Crippen LogP contribution in [0, 0.1) is 6.92 Å². The van der Waals surface area contributed by atoms with Gasteiger partial charge in [-0.2, -0.15) is 0 Å². The molecule has 3 aromatic heterocycles. The van der Waals surface area contributed by atoms with E-state index in [2.05, 4.69) is 49.1 Å². The maximum Gasteiger partial charge on any atom is 0.125 e. The summed E-state index contributed by atoms with van der Waals surface area (Å²) >= 11 is 1.66. The maximum atomic E-state index is 4.82. The minimum atomic E-state index is 0.0638. The lowest BCUT2D eigenvalue weighted by atomic mass is 9.85. The smallest absolute Gasteiger partial charge is 0.125 e. The normalized spacial score (nSPS) is 11.6. The summed E-state index contributed by atoms with van der Waals surface area (Å²) in [7, 11) is 0. The van der Waals surface area contributed by atoms with E-state index in [9.17, 15) is 0 Å². The van der Waals surface area contributed by atoms with Gasteiger partial charge in [-0.3, -0.25) is 9.97 Å². The molecule has 4 heteroatoms. The minimum absolute atomic E-state index is 0.0638. The van der Waals surface area contributed by atoms with E-state index in [0.29, 0.717) is 0 Å². The lowest BCUT2D eigenvalue weighted by Crippen LogP contribution is -2.12. The Morgan fingerprint density at radius 1 is 0.955 bits per heavy atom. The second-order valence-corrected chi connectivity index (χ2v) is 7.26. The fourth-order valence-corrected chi connectivity index (χ4v) is 3.32. The number of thiazole rings is 1. The van der Waals surface area contributed by atoms with Gasteiger partial charge in [0.2, 0.25) is 0 Å². The molecule has 3 rings (SSSR count). The van der Waals surface area contributed by atoms with Gasteiger partial charge in [0.05, 0.1) is 5.69 Å². The van der Waals surface area contributed by atoms with Crippen molar-refractivity contribution in [2.75, 3.05) is 0 Å². The summed E-state index contributed by atoms with van der Waals surface area (Å²) in [5.41, 5.74) is 5.71. The highest BCUT2D eigenvalue weighted by Crippen LogP contribution is 2.35. The van der Waals surface area contributed by atoms with E-state index in [1.807, 2.05) is 30.9 Å². The van der Waals surface area contributed by atoms with Crippen molar-refractivity contribution in [3.8, 4) is 21.8 Å². The van der Waals surface area contributed by atoms with E-state index >= 15 is 0 Å².